The Labute approximate surface area is 98.8 Å². The first-order valence-electron chi connectivity index (χ1n) is 4.93. The summed E-state index contributed by atoms with van der Waals surface area (Å²) < 4.78 is 23.1. The highest BCUT2D eigenvalue weighted by Crippen LogP contribution is 2.19. The molecule has 0 fully saturated rings. The summed E-state index contributed by atoms with van der Waals surface area (Å²) >= 11 is 1.47. The van der Waals surface area contributed by atoms with Crippen LogP contribution in [0.5, 0.6) is 0 Å². The van der Waals surface area contributed by atoms with Crippen molar-refractivity contribution in [2.75, 3.05) is 5.75 Å². The molecule has 1 aromatic rings. The van der Waals surface area contributed by atoms with Gasteiger partial charge in [0.1, 0.15) is 0 Å². The number of hydrogen-bond donors (Lipinski definition) is 1. The third kappa shape index (κ3) is 4.32. The van der Waals surface area contributed by atoms with Gasteiger partial charge in [0.05, 0.1) is 17.9 Å². The molecule has 1 aromatic heterocycles. The molecule has 6 heteroatoms. The van der Waals surface area contributed by atoms with E-state index >= 15 is 0 Å². The Hall–Kier alpha value is -0.880. The molecule has 90 valence electrons. The second-order valence-electron chi connectivity index (χ2n) is 3.46. The summed E-state index contributed by atoms with van der Waals surface area (Å²) in [5.41, 5.74) is 0. The number of aliphatic carboxylic acids is 1. The molecule has 1 N–H and O–H groups in total. The van der Waals surface area contributed by atoms with E-state index in [4.69, 9.17) is 5.11 Å². The molecule has 0 unspecified atom stereocenters. The lowest BCUT2D eigenvalue weighted by Crippen LogP contribution is -2.12. The van der Waals surface area contributed by atoms with Crippen LogP contribution in [0.15, 0.2) is 12.1 Å². The van der Waals surface area contributed by atoms with Crippen molar-refractivity contribution in [1.82, 2.24) is 0 Å². The second kappa shape index (κ2) is 5.45. The molecule has 0 bridgehead atoms. The molecule has 0 radical (unpaired) electrons. The van der Waals surface area contributed by atoms with Gasteiger partial charge in [0, 0.05) is 9.75 Å². The van der Waals surface area contributed by atoms with Crippen LogP contribution in [0.25, 0.3) is 0 Å². The van der Waals surface area contributed by atoms with Crippen LogP contribution >= 0.6 is 11.3 Å². The van der Waals surface area contributed by atoms with E-state index in [9.17, 15) is 13.2 Å². The minimum atomic E-state index is -3.30. The molecule has 0 atom stereocenters. The van der Waals surface area contributed by atoms with Gasteiger partial charge in [-0.3, -0.25) is 4.79 Å². The monoisotopic (exact) mass is 262 g/mol. The summed E-state index contributed by atoms with van der Waals surface area (Å²) in [6.07, 6.45) is 0.564. The van der Waals surface area contributed by atoms with Gasteiger partial charge in [-0.25, -0.2) is 8.42 Å². The summed E-state index contributed by atoms with van der Waals surface area (Å²) in [7, 11) is -3.30. The zero-order valence-electron chi connectivity index (χ0n) is 8.97. The van der Waals surface area contributed by atoms with E-state index in [1.165, 1.54) is 11.3 Å². The summed E-state index contributed by atoms with van der Waals surface area (Å²) in [6, 6.07) is 3.70. The van der Waals surface area contributed by atoms with E-state index in [0.717, 1.165) is 16.2 Å². The Balaban J connectivity index is 2.61. The van der Waals surface area contributed by atoms with Gasteiger partial charge in [-0.1, -0.05) is 6.92 Å². The molecular formula is C10H14O4S2. The van der Waals surface area contributed by atoms with Gasteiger partial charge in [0.2, 0.25) is 0 Å². The number of carboxylic acids is 1. The number of rotatable bonds is 6. The normalized spacial score (nSPS) is 11.6. The van der Waals surface area contributed by atoms with Crippen molar-refractivity contribution >= 4 is 27.1 Å². The third-order valence-electron chi connectivity index (χ3n) is 2.05. The largest absolute Gasteiger partial charge is 0.481 e. The summed E-state index contributed by atoms with van der Waals surface area (Å²) in [6.45, 7) is 2.01. The van der Waals surface area contributed by atoms with Gasteiger partial charge in [-0.15, -0.1) is 11.3 Å². The topological polar surface area (TPSA) is 71.4 Å². The van der Waals surface area contributed by atoms with Crippen LogP contribution in [-0.4, -0.2) is 25.2 Å². The second-order valence-corrected chi connectivity index (χ2v) is 6.89. The molecule has 0 spiro atoms. The standard InChI is InChI=1S/C10H14O4S2/c1-2-8-3-4-9(15-8)7-16(13,14)6-5-10(11)12/h3-4H,2,5-7H2,1H3,(H,11,12). The molecular weight excluding hydrogens is 248 g/mol. The van der Waals surface area contributed by atoms with Gasteiger partial charge < -0.3 is 5.11 Å². The number of thiophene rings is 1. The highest BCUT2D eigenvalue weighted by Gasteiger charge is 2.15. The average Bonchev–Trinajstić information content (AvgIpc) is 2.62. The predicted molar refractivity (Wildman–Crippen MR) is 63.4 cm³/mol. The van der Waals surface area contributed by atoms with Gasteiger partial charge >= 0.3 is 5.97 Å². The molecule has 0 amide bonds. The van der Waals surface area contributed by atoms with Crippen LogP contribution in [0, 0.1) is 0 Å². The summed E-state index contributed by atoms with van der Waals surface area (Å²) in [5.74, 6) is -1.42. The molecule has 0 aliphatic rings. The van der Waals surface area contributed by atoms with Gasteiger partial charge in [-0.2, -0.15) is 0 Å². The summed E-state index contributed by atoms with van der Waals surface area (Å²) in [5, 5.41) is 8.42. The Morgan fingerprint density at radius 3 is 2.50 bits per heavy atom. The van der Waals surface area contributed by atoms with E-state index in [0.29, 0.717) is 0 Å². The Morgan fingerprint density at radius 1 is 1.38 bits per heavy atom. The van der Waals surface area contributed by atoms with Crippen LogP contribution in [0.2, 0.25) is 0 Å². The predicted octanol–water partition coefficient (Wildman–Crippen LogP) is 1.70. The van der Waals surface area contributed by atoms with Crippen molar-refractivity contribution in [1.29, 1.82) is 0 Å². The van der Waals surface area contributed by atoms with Crippen molar-refractivity contribution in [2.45, 2.75) is 25.5 Å². The SMILES string of the molecule is CCc1ccc(CS(=O)(=O)CCC(=O)O)s1. The first-order valence-corrected chi connectivity index (χ1v) is 7.56. The van der Waals surface area contributed by atoms with Crippen molar-refractivity contribution in [2.24, 2.45) is 0 Å². The van der Waals surface area contributed by atoms with E-state index in [-0.39, 0.29) is 17.9 Å². The van der Waals surface area contributed by atoms with E-state index in [1.807, 2.05) is 13.0 Å². The first kappa shape index (κ1) is 13.2. The molecule has 0 aromatic carbocycles. The fourth-order valence-electron chi connectivity index (χ4n) is 1.22. The quantitative estimate of drug-likeness (QED) is 0.847. The van der Waals surface area contributed by atoms with Crippen molar-refractivity contribution in [3.05, 3.63) is 21.9 Å². The van der Waals surface area contributed by atoms with Crippen LogP contribution in [-0.2, 0) is 26.8 Å². The van der Waals surface area contributed by atoms with Gasteiger partial charge in [0.15, 0.2) is 9.84 Å². The lowest BCUT2D eigenvalue weighted by Gasteiger charge is -1.99. The van der Waals surface area contributed by atoms with Crippen LogP contribution in [0.3, 0.4) is 0 Å². The maximum absolute atomic E-state index is 11.5. The highest BCUT2D eigenvalue weighted by molar-refractivity contribution is 7.90. The number of sulfone groups is 1. The number of aryl methyl sites for hydroxylation is 1. The number of carboxylic acid groups (broad SMARTS) is 1. The minimum Gasteiger partial charge on any atom is -0.481 e. The molecule has 1 rings (SSSR count). The van der Waals surface area contributed by atoms with E-state index in [1.54, 1.807) is 6.07 Å². The fraction of sp³-hybridized carbons (Fsp3) is 0.500. The zero-order valence-corrected chi connectivity index (χ0v) is 10.6. The number of carbonyl (C=O) groups is 1. The van der Waals surface area contributed by atoms with Crippen molar-refractivity contribution in [3.63, 3.8) is 0 Å². The lowest BCUT2D eigenvalue weighted by atomic mass is 10.4. The zero-order chi connectivity index (χ0) is 12.2. The Kier molecular flexibility index (Phi) is 4.49. The number of hydrogen-bond acceptors (Lipinski definition) is 4. The average molecular weight is 262 g/mol. The van der Waals surface area contributed by atoms with Crippen LogP contribution < -0.4 is 0 Å². The maximum Gasteiger partial charge on any atom is 0.304 e. The van der Waals surface area contributed by atoms with Crippen LogP contribution in [0.4, 0.5) is 0 Å². The van der Waals surface area contributed by atoms with Gasteiger partial charge in [-0.05, 0) is 18.6 Å². The van der Waals surface area contributed by atoms with Crippen molar-refractivity contribution in [3.8, 4) is 0 Å². The maximum atomic E-state index is 11.5. The Morgan fingerprint density at radius 2 is 2.00 bits per heavy atom. The minimum absolute atomic E-state index is 0.0506. The lowest BCUT2D eigenvalue weighted by molar-refractivity contribution is -0.136. The molecule has 0 saturated heterocycles. The fourth-order valence-corrected chi connectivity index (χ4v) is 3.91. The first-order chi connectivity index (χ1) is 7.43. The summed E-state index contributed by atoms with van der Waals surface area (Å²) in [4.78, 5) is 12.2. The van der Waals surface area contributed by atoms with E-state index < -0.39 is 15.8 Å². The molecule has 16 heavy (non-hydrogen) atoms. The molecule has 1 heterocycles. The molecule has 0 saturated carbocycles. The van der Waals surface area contributed by atoms with E-state index in [2.05, 4.69) is 0 Å². The molecule has 0 aliphatic carbocycles. The Bertz CT molecular complexity index is 459. The van der Waals surface area contributed by atoms with Crippen molar-refractivity contribution < 1.29 is 18.3 Å². The highest BCUT2D eigenvalue weighted by atomic mass is 32.2. The molecule has 0 aliphatic heterocycles. The van der Waals surface area contributed by atoms with Gasteiger partial charge in [0.25, 0.3) is 0 Å². The molecule has 4 nitrogen and oxygen atoms in total. The van der Waals surface area contributed by atoms with Crippen LogP contribution in [0.1, 0.15) is 23.1 Å². The third-order valence-corrected chi connectivity index (χ3v) is 5.04. The smallest absolute Gasteiger partial charge is 0.304 e.